The molecule has 0 spiro atoms. The molecule has 0 bridgehead atoms. The van der Waals surface area contributed by atoms with Gasteiger partial charge in [-0.05, 0) is 55.6 Å². The lowest BCUT2D eigenvalue weighted by Crippen LogP contribution is -2.69. The first kappa shape index (κ1) is 23.3. The molecular weight excluding hydrogens is 449 g/mol. The lowest BCUT2D eigenvalue weighted by Gasteiger charge is -2.47. The van der Waals surface area contributed by atoms with Crippen molar-refractivity contribution in [3.8, 4) is 11.5 Å². The Morgan fingerprint density at radius 2 is 1.94 bits per heavy atom. The molecule has 33 heavy (non-hydrogen) atoms. The molecule has 0 radical (unpaired) electrons. The molecule has 2 fully saturated rings. The van der Waals surface area contributed by atoms with Crippen LogP contribution in [0.2, 0.25) is 5.02 Å². The summed E-state index contributed by atoms with van der Waals surface area (Å²) in [5.74, 6) is 0.468. The van der Waals surface area contributed by atoms with Crippen LogP contribution >= 0.6 is 11.6 Å². The summed E-state index contributed by atoms with van der Waals surface area (Å²) in [6.07, 6.45) is 1.95. The number of methoxy groups -OCH3 is 2. The zero-order valence-corrected chi connectivity index (χ0v) is 19.4. The van der Waals surface area contributed by atoms with Crippen LogP contribution in [0.25, 0.3) is 0 Å². The van der Waals surface area contributed by atoms with Crippen molar-refractivity contribution < 1.29 is 23.5 Å². The Morgan fingerprint density at radius 1 is 1.15 bits per heavy atom. The number of urea groups is 1. The average molecular weight is 476 g/mol. The van der Waals surface area contributed by atoms with Gasteiger partial charge in [-0.2, -0.15) is 0 Å². The molecule has 2 aromatic rings. The maximum atomic E-state index is 14.5. The Labute approximate surface area is 197 Å². The van der Waals surface area contributed by atoms with Crippen molar-refractivity contribution in [3.05, 3.63) is 58.4 Å². The number of imide groups is 1. The Balaban J connectivity index is 1.57. The highest BCUT2D eigenvalue weighted by Crippen LogP contribution is 2.31. The average Bonchev–Trinajstić information content (AvgIpc) is 2.83. The zero-order valence-electron chi connectivity index (χ0n) is 18.6. The number of amides is 3. The summed E-state index contributed by atoms with van der Waals surface area (Å²) < 4.78 is 25.1. The van der Waals surface area contributed by atoms with Crippen LogP contribution in [0.4, 0.5) is 9.18 Å². The minimum absolute atomic E-state index is 0.00727. The molecule has 0 saturated carbocycles. The molecule has 9 heteroatoms. The van der Waals surface area contributed by atoms with E-state index in [0.29, 0.717) is 30.9 Å². The third-order valence-corrected chi connectivity index (χ3v) is 6.65. The second-order valence-corrected chi connectivity index (χ2v) is 8.59. The SMILES string of the molecule is COc1ccc(CCN2C(=O)C3NCCCC3N(Cc3c(F)cccc3Cl)C2=O)cc1OC. The van der Waals surface area contributed by atoms with E-state index in [0.717, 1.165) is 12.0 Å². The molecule has 1 N–H and O–H groups in total. The standard InChI is InChI=1S/C24H27ClFN3O4/c1-32-20-9-8-15(13-21(20)33-2)10-12-28-23(30)22-19(7-4-11-27-22)29(24(28)31)14-16-17(25)5-3-6-18(16)26/h3,5-6,8-9,13,19,22,27H,4,7,10-12,14H2,1-2H3. The zero-order chi connectivity index (χ0) is 23.5. The summed E-state index contributed by atoms with van der Waals surface area (Å²) in [5.41, 5.74) is 1.15. The predicted molar refractivity (Wildman–Crippen MR) is 122 cm³/mol. The van der Waals surface area contributed by atoms with Gasteiger partial charge in [0.05, 0.1) is 26.8 Å². The number of hydrogen-bond acceptors (Lipinski definition) is 5. The molecular formula is C24H27ClFN3O4. The van der Waals surface area contributed by atoms with Crippen molar-refractivity contribution in [2.75, 3.05) is 27.3 Å². The van der Waals surface area contributed by atoms with Crippen molar-refractivity contribution in [1.82, 2.24) is 15.1 Å². The Kier molecular flexibility index (Phi) is 7.05. The van der Waals surface area contributed by atoms with E-state index in [2.05, 4.69) is 5.32 Å². The molecule has 4 rings (SSSR count). The Bertz CT molecular complexity index is 1030. The lowest BCUT2D eigenvalue weighted by atomic mass is 9.92. The van der Waals surface area contributed by atoms with Gasteiger partial charge in [-0.15, -0.1) is 0 Å². The van der Waals surface area contributed by atoms with E-state index in [1.807, 2.05) is 12.1 Å². The van der Waals surface area contributed by atoms with E-state index in [4.69, 9.17) is 21.1 Å². The van der Waals surface area contributed by atoms with E-state index >= 15 is 0 Å². The minimum Gasteiger partial charge on any atom is -0.493 e. The molecule has 2 unspecified atom stereocenters. The summed E-state index contributed by atoms with van der Waals surface area (Å²) in [7, 11) is 3.12. The van der Waals surface area contributed by atoms with Gasteiger partial charge in [0.2, 0.25) is 5.91 Å². The van der Waals surface area contributed by atoms with Crippen LogP contribution < -0.4 is 14.8 Å². The molecule has 3 amide bonds. The van der Waals surface area contributed by atoms with Crippen LogP contribution in [-0.2, 0) is 17.8 Å². The van der Waals surface area contributed by atoms with Gasteiger partial charge in [0.1, 0.15) is 11.9 Å². The fraction of sp³-hybridized carbons (Fsp3) is 0.417. The first-order valence-electron chi connectivity index (χ1n) is 10.9. The van der Waals surface area contributed by atoms with E-state index in [1.54, 1.807) is 31.3 Å². The first-order chi connectivity index (χ1) is 15.9. The summed E-state index contributed by atoms with van der Waals surface area (Å²) in [4.78, 5) is 29.5. The van der Waals surface area contributed by atoms with Gasteiger partial charge in [-0.1, -0.05) is 23.7 Å². The van der Waals surface area contributed by atoms with Crippen LogP contribution in [0.15, 0.2) is 36.4 Å². The molecule has 176 valence electrons. The van der Waals surface area contributed by atoms with E-state index in [9.17, 15) is 14.0 Å². The van der Waals surface area contributed by atoms with Gasteiger partial charge in [-0.25, -0.2) is 9.18 Å². The summed E-state index contributed by atoms with van der Waals surface area (Å²) in [6, 6.07) is 8.66. The van der Waals surface area contributed by atoms with Crippen LogP contribution in [0.5, 0.6) is 11.5 Å². The van der Waals surface area contributed by atoms with Crippen molar-refractivity contribution >= 4 is 23.5 Å². The number of ether oxygens (including phenoxy) is 2. The summed E-state index contributed by atoms with van der Waals surface area (Å²) >= 11 is 6.23. The van der Waals surface area contributed by atoms with E-state index in [-0.39, 0.29) is 35.6 Å². The van der Waals surface area contributed by atoms with Gasteiger partial charge in [0.25, 0.3) is 0 Å². The number of nitrogens with zero attached hydrogens (tertiary/aromatic N) is 2. The maximum absolute atomic E-state index is 14.5. The molecule has 0 aromatic heterocycles. The topological polar surface area (TPSA) is 71.1 Å². The molecule has 2 aliphatic rings. The highest BCUT2D eigenvalue weighted by atomic mass is 35.5. The molecule has 2 aliphatic heterocycles. The van der Waals surface area contributed by atoms with Crippen molar-refractivity contribution in [1.29, 1.82) is 0 Å². The molecule has 0 aliphatic carbocycles. The normalized spacial score (nSPS) is 20.6. The van der Waals surface area contributed by atoms with Crippen molar-refractivity contribution in [3.63, 3.8) is 0 Å². The molecule has 7 nitrogen and oxygen atoms in total. The fourth-order valence-corrected chi connectivity index (χ4v) is 4.76. The van der Waals surface area contributed by atoms with Crippen LogP contribution in [-0.4, -0.2) is 61.1 Å². The number of carbonyl (C=O) groups excluding carboxylic acids is 2. The number of nitrogens with one attached hydrogen (secondary N) is 1. The third-order valence-electron chi connectivity index (χ3n) is 6.30. The van der Waals surface area contributed by atoms with E-state index < -0.39 is 17.9 Å². The Morgan fingerprint density at radius 3 is 2.67 bits per heavy atom. The van der Waals surface area contributed by atoms with Gasteiger partial charge in [-0.3, -0.25) is 9.69 Å². The third kappa shape index (κ3) is 4.63. The fourth-order valence-electron chi connectivity index (χ4n) is 4.54. The minimum atomic E-state index is -0.521. The number of carbonyl (C=O) groups is 2. The lowest BCUT2D eigenvalue weighted by molar-refractivity contribution is -0.137. The second kappa shape index (κ2) is 9.97. The van der Waals surface area contributed by atoms with E-state index in [1.165, 1.54) is 17.0 Å². The predicted octanol–water partition coefficient (Wildman–Crippen LogP) is 3.62. The highest BCUT2D eigenvalue weighted by Gasteiger charge is 2.47. The summed E-state index contributed by atoms with van der Waals surface area (Å²) in [6.45, 7) is 0.895. The number of halogens is 2. The monoisotopic (exact) mass is 475 g/mol. The molecule has 2 saturated heterocycles. The van der Waals surface area contributed by atoms with Gasteiger partial charge in [0, 0.05) is 17.1 Å². The number of rotatable bonds is 7. The number of piperidine rings is 1. The van der Waals surface area contributed by atoms with Crippen molar-refractivity contribution in [2.24, 2.45) is 0 Å². The first-order valence-corrected chi connectivity index (χ1v) is 11.3. The van der Waals surface area contributed by atoms with Gasteiger partial charge in [0.15, 0.2) is 11.5 Å². The highest BCUT2D eigenvalue weighted by molar-refractivity contribution is 6.31. The number of fused-ring (bicyclic) bond motifs is 1. The molecule has 2 atom stereocenters. The number of benzene rings is 2. The molecule has 2 heterocycles. The summed E-state index contributed by atoms with van der Waals surface area (Å²) in [5, 5.41) is 3.51. The second-order valence-electron chi connectivity index (χ2n) is 8.18. The van der Waals surface area contributed by atoms with Crippen LogP contribution in [0.3, 0.4) is 0 Å². The Hall–Kier alpha value is -2.84. The smallest absolute Gasteiger partial charge is 0.327 e. The van der Waals surface area contributed by atoms with Gasteiger partial charge >= 0.3 is 6.03 Å². The number of hydrogen-bond donors (Lipinski definition) is 1. The quantitative estimate of drug-likeness (QED) is 0.662. The molecule has 2 aromatic carbocycles. The van der Waals surface area contributed by atoms with Crippen LogP contribution in [0, 0.1) is 5.82 Å². The van der Waals surface area contributed by atoms with Crippen LogP contribution in [0.1, 0.15) is 24.0 Å². The largest absolute Gasteiger partial charge is 0.493 e. The van der Waals surface area contributed by atoms with Gasteiger partial charge < -0.3 is 19.7 Å². The van der Waals surface area contributed by atoms with Crippen molar-refractivity contribution in [2.45, 2.75) is 37.9 Å². The maximum Gasteiger partial charge on any atom is 0.327 e.